The van der Waals surface area contributed by atoms with E-state index in [1.165, 1.54) is 5.56 Å². The van der Waals surface area contributed by atoms with Crippen LogP contribution in [0.25, 0.3) is 10.8 Å². The number of halogens is 1. The fourth-order valence-corrected chi connectivity index (χ4v) is 6.45. The summed E-state index contributed by atoms with van der Waals surface area (Å²) in [7, 11) is 0.710. The van der Waals surface area contributed by atoms with Crippen LogP contribution in [0.2, 0.25) is 0 Å². The highest BCUT2D eigenvalue weighted by atomic mass is 32.2. The number of piperidine rings is 1. The maximum Gasteiger partial charge on any atom is 0.227 e. The molecular formula is C27H35FN6O2S. The third kappa shape index (κ3) is 5.01. The largest absolute Gasteiger partial charge is 0.378 e. The lowest BCUT2D eigenvalue weighted by molar-refractivity contribution is 0.0194. The van der Waals surface area contributed by atoms with Crippen molar-refractivity contribution < 1.29 is 13.3 Å². The van der Waals surface area contributed by atoms with Crippen molar-refractivity contribution in [1.82, 2.24) is 15.0 Å². The standard InChI is InChI=1S/C27H35FN6O2S/c1-16(2)18-6-7-22(34-15-24(17(34)3)37(5)35)20-13-30-26(12-19(18)20)31-25-8-10-29-27(32-25)33-11-9-23(36-4)21(28)14-33/h6-8,10,12-13,16-17,21,23-24H,9,11,14-15H2,1-5H3,(H,29,30,31,32)/t17-,21+,23-,24+,37?/m1/s1. The highest BCUT2D eigenvalue weighted by Crippen LogP contribution is 2.38. The number of nitrogens with one attached hydrogen (secondary N) is 1. The van der Waals surface area contributed by atoms with Gasteiger partial charge in [-0.15, -0.1) is 0 Å². The number of hydrogen-bond acceptors (Lipinski definition) is 8. The summed E-state index contributed by atoms with van der Waals surface area (Å²) in [6, 6.07) is 8.43. The number of anilines is 4. The zero-order valence-electron chi connectivity index (χ0n) is 22.0. The number of ether oxygens (including phenoxy) is 1. The predicted molar refractivity (Wildman–Crippen MR) is 148 cm³/mol. The van der Waals surface area contributed by atoms with E-state index in [4.69, 9.17) is 9.72 Å². The molecule has 3 aromatic rings. The van der Waals surface area contributed by atoms with Crippen molar-refractivity contribution in [3.8, 4) is 0 Å². The second kappa shape index (κ2) is 10.5. The van der Waals surface area contributed by atoms with Crippen LogP contribution in [0.5, 0.6) is 0 Å². The van der Waals surface area contributed by atoms with E-state index in [2.05, 4.69) is 59.2 Å². The van der Waals surface area contributed by atoms with Crippen LogP contribution in [-0.2, 0) is 15.5 Å². The van der Waals surface area contributed by atoms with Gasteiger partial charge in [0, 0.05) is 66.8 Å². The molecule has 2 aliphatic heterocycles. The van der Waals surface area contributed by atoms with Crippen LogP contribution < -0.4 is 15.1 Å². The van der Waals surface area contributed by atoms with Crippen LogP contribution in [0, 0.1) is 0 Å². The number of hydrogen-bond donors (Lipinski definition) is 1. The first-order valence-corrected chi connectivity index (χ1v) is 14.4. The lowest BCUT2D eigenvalue weighted by Crippen LogP contribution is -2.60. The third-order valence-corrected chi connectivity index (χ3v) is 9.04. The maximum atomic E-state index is 14.4. The Morgan fingerprint density at radius 3 is 2.65 bits per heavy atom. The van der Waals surface area contributed by atoms with Gasteiger partial charge in [-0.2, -0.15) is 4.98 Å². The van der Waals surface area contributed by atoms with Gasteiger partial charge in [-0.05, 0) is 48.4 Å². The molecular weight excluding hydrogens is 491 g/mol. The van der Waals surface area contributed by atoms with E-state index < -0.39 is 17.0 Å². The van der Waals surface area contributed by atoms with E-state index in [1.54, 1.807) is 25.6 Å². The molecule has 1 unspecified atom stereocenters. The Labute approximate surface area is 220 Å². The minimum absolute atomic E-state index is 0.189. The molecule has 0 saturated carbocycles. The molecule has 2 fully saturated rings. The van der Waals surface area contributed by atoms with Gasteiger partial charge in [-0.1, -0.05) is 19.9 Å². The number of pyridine rings is 1. The van der Waals surface area contributed by atoms with Gasteiger partial charge in [-0.25, -0.2) is 14.4 Å². The fourth-order valence-electron chi connectivity index (χ4n) is 5.38. The number of methoxy groups -OCH3 is 1. The SMILES string of the molecule is CO[C@@H]1CCN(c2nccc(Nc3cc4c(C(C)C)ccc(N5C[C@H](S(C)=O)[C@H]5C)c4cn3)n2)C[C@@H]1F. The van der Waals surface area contributed by atoms with Crippen molar-refractivity contribution in [3.63, 3.8) is 0 Å². The molecule has 2 aliphatic rings. The Balaban J connectivity index is 1.41. The molecule has 0 spiro atoms. The molecule has 0 radical (unpaired) electrons. The molecule has 8 nitrogen and oxygen atoms in total. The van der Waals surface area contributed by atoms with Crippen molar-refractivity contribution >= 4 is 44.8 Å². The van der Waals surface area contributed by atoms with E-state index in [0.717, 1.165) is 23.0 Å². The average molecular weight is 527 g/mol. The lowest BCUT2D eigenvalue weighted by Gasteiger charge is -2.47. The van der Waals surface area contributed by atoms with Gasteiger partial charge in [0.25, 0.3) is 0 Å². The Bertz CT molecular complexity index is 1310. The van der Waals surface area contributed by atoms with E-state index >= 15 is 0 Å². The Morgan fingerprint density at radius 1 is 1.16 bits per heavy atom. The summed E-state index contributed by atoms with van der Waals surface area (Å²) in [6.07, 6.45) is 4.51. The molecule has 198 valence electrons. The summed E-state index contributed by atoms with van der Waals surface area (Å²) in [5.74, 6) is 2.11. The van der Waals surface area contributed by atoms with E-state index in [9.17, 15) is 8.60 Å². The van der Waals surface area contributed by atoms with Gasteiger partial charge in [0.05, 0.1) is 17.9 Å². The quantitative estimate of drug-likeness (QED) is 0.485. The molecule has 1 aromatic carbocycles. The van der Waals surface area contributed by atoms with Crippen LogP contribution in [-0.4, -0.2) is 75.7 Å². The summed E-state index contributed by atoms with van der Waals surface area (Å²) < 4.78 is 31.7. The normalized spacial score (nSPS) is 24.8. The molecule has 0 bridgehead atoms. The molecule has 10 heteroatoms. The van der Waals surface area contributed by atoms with Crippen molar-refractivity contribution in [2.75, 3.05) is 48.1 Å². The fraction of sp³-hybridized carbons (Fsp3) is 0.519. The summed E-state index contributed by atoms with van der Waals surface area (Å²) in [5.41, 5.74) is 2.36. The summed E-state index contributed by atoms with van der Waals surface area (Å²) in [4.78, 5) is 17.9. The summed E-state index contributed by atoms with van der Waals surface area (Å²) in [5, 5.41) is 5.73. The summed E-state index contributed by atoms with van der Waals surface area (Å²) >= 11 is 0. The minimum Gasteiger partial charge on any atom is -0.378 e. The van der Waals surface area contributed by atoms with Crippen molar-refractivity contribution in [1.29, 1.82) is 0 Å². The number of rotatable bonds is 7. The first-order valence-electron chi connectivity index (χ1n) is 12.8. The zero-order valence-corrected chi connectivity index (χ0v) is 22.8. The highest BCUT2D eigenvalue weighted by molar-refractivity contribution is 7.85. The number of fused-ring (bicyclic) bond motifs is 1. The molecule has 2 aromatic heterocycles. The van der Waals surface area contributed by atoms with E-state index in [1.807, 2.05) is 11.1 Å². The number of nitrogens with zero attached hydrogens (tertiary/aromatic N) is 5. The van der Waals surface area contributed by atoms with Crippen LogP contribution >= 0.6 is 0 Å². The Kier molecular flexibility index (Phi) is 7.31. The van der Waals surface area contributed by atoms with Crippen molar-refractivity contribution in [3.05, 3.63) is 42.2 Å². The lowest BCUT2D eigenvalue weighted by atomic mass is 9.93. The van der Waals surface area contributed by atoms with Crippen LogP contribution in [0.1, 0.15) is 38.7 Å². The Morgan fingerprint density at radius 2 is 1.97 bits per heavy atom. The molecule has 5 atom stereocenters. The molecule has 37 heavy (non-hydrogen) atoms. The average Bonchev–Trinajstić information content (AvgIpc) is 2.87. The van der Waals surface area contributed by atoms with Gasteiger partial charge < -0.3 is 19.9 Å². The smallest absolute Gasteiger partial charge is 0.227 e. The van der Waals surface area contributed by atoms with Gasteiger partial charge in [0.2, 0.25) is 5.95 Å². The maximum absolute atomic E-state index is 14.4. The third-order valence-electron chi connectivity index (χ3n) is 7.64. The number of benzene rings is 1. The number of aromatic nitrogens is 3. The first-order chi connectivity index (χ1) is 17.8. The van der Waals surface area contributed by atoms with E-state index in [0.29, 0.717) is 36.5 Å². The molecule has 1 N–H and O–H groups in total. The van der Waals surface area contributed by atoms with Crippen LogP contribution in [0.4, 0.5) is 27.7 Å². The summed E-state index contributed by atoms with van der Waals surface area (Å²) in [6.45, 7) is 8.14. The molecule has 5 rings (SSSR count). The molecule has 4 heterocycles. The topological polar surface area (TPSA) is 83.5 Å². The van der Waals surface area contributed by atoms with Crippen molar-refractivity contribution in [2.24, 2.45) is 0 Å². The first kappa shape index (κ1) is 25.8. The molecule has 2 saturated heterocycles. The second-order valence-corrected chi connectivity index (χ2v) is 11.9. The minimum atomic E-state index is -1.08. The highest BCUT2D eigenvalue weighted by Gasteiger charge is 2.39. The predicted octanol–water partition coefficient (Wildman–Crippen LogP) is 4.41. The van der Waals surface area contributed by atoms with Gasteiger partial charge in [0.1, 0.15) is 17.8 Å². The Hall–Kier alpha value is -2.85. The second-order valence-electron chi connectivity index (χ2n) is 10.3. The van der Waals surface area contributed by atoms with Gasteiger partial charge in [-0.3, -0.25) is 4.21 Å². The van der Waals surface area contributed by atoms with Gasteiger partial charge >= 0.3 is 0 Å². The zero-order chi connectivity index (χ0) is 26.3. The van der Waals surface area contributed by atoms with Crippen LogP contribution in [0.15, 0.2) is 36.7 Å². The number of alkyl halides is 1. The monoisotopic (exact) mass is 526 g/mol. The van der Waals surface area contributed by atoms with Gasteiger partial charge in [0.15, 0.2) is 0 Å². The molecule has 0 aliphatic carbocycles. The van der Waals surface area contributed by atoms with E-state index in [-0.39, 0.29) is 23.9 Å². The molecule has 0 amide bonds. The van der Waals surface area contributed by atoms with Crippen LogP contribution in [0.3, 0.4) is 0 Å². The van der Waals surface area contributed by atoms with Crippen molar-refractivity contribution in [2.45, 2.75) is 56.7 Å².